The Labute approximate surface area is 119 Å². The van der Waals surface area contributed by atoms with E-state index in [1.54, 1.807) is 11.3 Å². The van der Waals surface area contributed by atoms with Crippen LogP contribution in [-0.2, 0) is 16.1 Å². The average Bonchev–Trinajstić information content (AvgIpc) is 2.73. The third kappa shape index (κ3) is 4.56. The number of hydrogen-bond donors (Lipinski definition) is 2. The number of thiophene rings is 1. The van der Waals surface area contributed by atoms with Gasteiger partial charge in [0.15, 0.2) is 0 Å². The van der Waals surface area contributed by atoms with Crippen molar-refractivity contribution in [3.05, 3.63) is 20.8 Å². The summed E-state index contributed by atoms with van der Waals surface area (Å²) in [7, 11) is 0. The van der Waals surface area contributed by atoms with Crippen LogP contribution in [0, 0.1) is 0 Å². The van der Waals surface area contributed by atoms with Crippen molar-refractivity contribution in [2.45, 2.75) is 12.6 Å². The normalized spacial score (nSPS) is 19.5. The van der Waals surface area contributed by atoms with Crippen molar-refractivity contribution in [3.63, 3.8) is 0 Å². The minimum absolute atomic E-state index is 0. The van der Waals surface area contributed by atoms with Gasteiger partial charge in [-0.1, -0.05) is 0 Å². The molecule has 7 heteroatoms. The molecule has 1 aliphatic rings. The summed E-state index contributed by atoms with van der Waals surface area (Å²) in [5.74, 6) is 0.00391. The number of rotatable bonds is 3. The van der Waals surface area contributed by atoms with E-state index in [-0.39, 0.29) is 24.4 Å². The van der Waals surface area contributed by atoms with Crippen LogP contribution in [0.3, 0.4) is 0 Å². The first-order valence-electron chi connectivity index (χ1n) is 5.09. The molecule has 0 aromatic carbocycles. The molecule has 0 saturated carbocycles. The first-order chi connectivity index (χ1) is 7.75. The van der Waals surface area contributed by atoms with Crippen molar-refractivity contribution in [1.29, 1.82) is 0 Å². The van der Waals surface area contributed by atoms with Gasteiger partial charge in [-0.15, -0.1) is 23.7 Å². The molecule has 1 aliphatic heterocycles. The number of hydrogen-bond acceptors (Lipinski definition) is 4. The third-order valence-corrected chi connectivity index (χ3v) is 3.93. The fraction of sp³-hybridized carbons (Fsp3) is 0.500. The largest absolute Gasteiger partial charge is 0.378 e. The van der Waals surface area contributed by atoms with Crippen LogP contribution in [-0.4, -0.2) is 31.7 Å². The van der Waals surface area contributed by atoms with Gasteiger partial charge >= 0.3 is 0 Å². The van der Waals surface area contributed by atoms with Crippen LogP contribution < -0.4 is 10.6 Å². The average molecular weight is 342 g/mol. The summed E-state index contributed by atoms with van der Waals surface area (Å²) >= 11 is 5.02. The maximum absolute atomic E-state index is 11.7. The molecule has 2 rings (SSSR count). The Balaban J connectivity index is 0.00000144. The van der Waals surface area contributed by atoms with E-state index in [9.17, 15) is 4.79 Å². The van der Waals surface area contributed by atoms with Crippen molar-refractivity contribution in [1.82, 2.24) is 10.6 Å². The van der Waals surface area contributed by atoms with Crippen molar-refractivity contribution < 1.29 is 9.53 Å². The maximum Gasteiger partial charge on any atom is 0.239 e. The van der Waals surface area contributed by atoms with Crippen molar-refractivity contribution >= 4 is 45.6 Å². The number of carbonyl (C=O) groups excluding carboxylic acids is 1. The first-order valence-corrected chi connectivity index (χ1v) is 6.70. The minimum Gasteiger partial charge on any atom is -0.378 e. The maximum atomic E-state index is 11.7. The Hall–Kier alpha value is -0.140. The predicted molar refractivity (Wildman–Crippen MR) is 73.7 cm³/mol. The Kier molecular flexibility index (Phi) is 6.43. The highest BCUT2D eigenvalue weighted by Gasteiger charge is 2.20. The lowest BCUT2D eigenvalue weighted by Crippen LogP contribution is -2.50. The van der Waals surface area contributed by atoms with Gasteiger partial charge in [0, 0.05) is 11.4 Å². The fourth-order valence-corrected chi connectivity index (χ4v) is 2.90. The second-order valence-electron chi connectivity index (χ2n) is 3.51. The van der Waals surface area contributed by atoms with Crippen LogP contribution >= 0.6 is 39.7 Å². The Bertz CT molecular complexity index is 369. The Morgan fingerprint density at radius 1 is 1.65 bits per heavy atom. The van der Waals surface area contributed by atoms with Crippen molar-refractivity contribution in [2.75, 3.05) is 19.8 Å². The monoisotopic (exact) mass is 340 g/mol. The fourth-order valence-electron chi connectivity index (χ4n) is 1.48. The zero-order chi connectivity index (χ0) is 11.4. The SMILES string of the molecule is Cl.O=C(NCc1ccc(Br)s1)C1COCCN1. The summed E-state index contributed by atoms with van der Waals surface area (Å²) in [4.78, 5) is 12.9. The highest BCUT2D eigenvalue weighted by Crippen LogP contribution is 2.21. The number of amides is 1. The molecule has 4 nitrogen and oxygen atoms in total. The molecular weight excluding hydrogens is 328 g/mol. The predicted octanol–water partition coefficient (Wildman–Crippen LogP) is 1.54. The standard InChI is InChI=1S/C10H13BrN2O2S.ClH/c11-9-2-1-7(16-9)5-13-10(14)8-6-15-4-3-12-8;/h1-2,8,12H,3-6H2,(H,13,14);1H. The Morgan fingerprint density at radius 2 is 2.47 bits per heavy atom. The van der Waals surface area contributed by atoms with E-state index in [0.717, 1.165) is 15.2 Å². The topological polar surface area (TPSA) is 50.4 Å². The van der Waals surface area contributed by atoms with Gasteiger partial charge in [0.05, 0.1) is 23.5 Å². The summed E-state index contributed by atoms with van der Waals surface area (Å²) in [5.41, 5.74) is 0. The molecule has 1 aromatic heterocycles. The smallest absolute Gasteiger partial charge is 0.239 e. The molecule has 2 heterocycles. The quantitative estimate of drug-likeness (QED) is 0.877. The number of carbonyl (C=O) groups is 1. The van der Waals surface area contributed by atoms with Gasteiger partial charge in [-0.05, 0) is 28.1 Å². The molecule has 0 aliphatic carbocycles. The Morgan fingerprint density at radius 3 is 3.06 bits per heavy atom. The minimum atomic E-state index is -0.211. The van der Waals surface area contributed by atoms with E-state index in [1.807, 2.05) is 12.1 Å². The number of halogens is 2. The molecule has 1 fully saturated rings. The molecule has 0 spiro atoms. The van der Waals surface area contributed by atoms with E-state index in [2.05, 4.69) is 26.6 Å². The number of ether oxygens (including phenoxy) is 1. The van der Waals surface area contributed by atoms with Gasteiger partial charge in [0.25, 0.3) is 0 Å². The van der Waals surface area contributed by atoms with Gasteiger partial charge in [-0.2, -0.15) is 0 Å². The molecule has 1 saturated heterocycles. The lowest BCUT2D eigenvalue weighted by atomic mass is 10.2. The molecule has 1 amide bonds. The van der Waals surface area contributed by atoms with Gasteiger partial charge in [0.1, 0.15) is 6.04 Å². The summed E-state index contributed by atoms with van der Waals surface area (Å²) in [6.45, 7) is 2.46. The molecular formula is C10H14BrClN2O2S. The molecule has 2 N–H and O–H groups in total. The molecule has 96 valence electrons. The third-order valence-electron chi connectivity index (χ3n) is 2.30. The number of morpholine rings is 1. The molecule has 1 atom stereocenters. The first kappa shape index (κ1) is 14.9. The lowest BCUT2D eigenvalue weighted by Gasteiger charge is -2.22. The van der Waals surface area contributed by atoms with Crippen LogP contribution in [0.15, 0.2) is 15.9 Å². The summed E-state index contributed by atoms with van der Waals surface area (Å²) in [6.07, 6.45) is 0. The van der Waals surface area contributed by atoms with E-state index >= 15 is 0 Å². The molecule has 17 heavy (non-hydrogen) atoms. The van der Waals surface area contributed by atoms with Gasteiger partial charge in [0.2, 0.25) is 5.91 Å². The van der Waals surface area contributed by atoms with Crippen LogP contribution in [0.1, 0.15) is 4.88 Å². The molecule has 0 bridgehead atoms. The van der Waals surface area contributed by atoms with Crippen molar-refractivity contribution in [3.8, 4) is 0 Å². The van der Waals surface area contributed by atoms with E-state index in [0.29, 0.717) is 19.8 Å². The second kappa shape index (κ2) is 7.33. The van der Waals surface area contributed by atoms with Crippen LogP contribution in [0.4, 0.5) is 0 Å². The summed E-state index contributed by atoms with van der Waals surface area (Å²) < 4.78 is 6.31. The van der Waals surface area contributed by atoms with E-state index in [1.165, 1.54) is 0 Å². The zero-order valence-electron chi connectivity index (χ0n) is 9.07. The number of nitrogens with one attached hydrogen (secondary N) is 2. The van der Waals surface area contributed by atoms with Crippen LogP contribution in [0.25, 0.3) is 0 Å². The van der Waals surface area contributed by atoms with E-state index in [4.69, 9.17) is 4.74 Å². The highest BCUT2D eigenvalue weighted by molar-refractivity contribution is 9.11. The molecule has 0 radical (unpaired) electrons. The van der Waals surface area contributed by atoms with Crippen molar-refractivity contribution in [2.24, 2.45) is 0 Å². The van der Waals surface area contributed by atoms with E-state index < -0.39 is 0 Å². The van der Waals surface area contributed by atoms with Gasteiger partial charge in [-0.3, -0.25) is 4.79 Å². The lowest BCUT2D eigenvalue weighted by molar-refractivity contribution is -0.126. The molecule has 1 unspecified atom stereocenters. The van der Waals surface area contributed by atoms with Crippen LogP contribution in [0.2, 0.25) is 0 Å². The second-order valence-corrected chi connectivity index (χ2v) is 6.05. The highest BCUT2D eigenvalue weighted by atomic mass is 79.9. The van der Waals surface area contributed by atoms with Gasteiger partial charge < -0.3 is 15.4 Å². The summed E-state index contributed by atoms with van der Waals surface area (Å²) in [6, 6.07) is 3.77. The molecule has 1 aromatic rings. The van der Waals surface area contributed by atoms with Crippen LogP contribution in [0.5, 0.6) is 0 Å². The summed E-state index contributed by atoms with van der Waals surface area (Å²) in [5, 5.41) is 6.01. The van der Waals surface area contributed by atoms with Gasteiger partial charge in [-0.25, -0.2) is 0 Å². The zero-order valence-corrected chi connectivity index (χ0v) is 12.3.